The fraction of sp³-hybridized carbons (Fsp3) is 0.444. The SMILES string of the molecule is CN(c1cccc(CCC(=O)O)c1)S(=O)(=O)c1cnn(C2CCOCC2)c1. The molecular formula is C18H23N3O5S. The van der Waals surface area contributed by atoms with Crippen molar-refractivity contribution in [3.8, 4) is 0 Å². The normalized spacial score (nSPS) is 15.6. The number of anilines is 1. The van der Waals surface area contributed by atoms with Crippen LogP contribution in [0.5, 0.6) is 0 Å². The summed E-state index contributed by atoms with van der Waals surface area (Å²) in [7, 11) is -2.27. The molecule has 146 valence electrons. The number of nitrogens with zero attached hydrogens (tertiary/aromatic N) is 3. The molecule has 3 rings (SSSR count). The van der Waals surface area contributed by atoms with Gasteiger partial charge in [0.2, 0.25) is 0 Å². The summed E-state index contributed by atoms with van der Waals surface area (Å²) in [6.45, 7) is 1.30. The number of carboxylic acid groups (broad SMARTS) is 1. The van der Waals surface area contributed by atoms with Crippen LogP contribution in [0.3, 0.4) is 0 Å². The molecule has 1 saturated heterocycles. The fourth-order valence-corrected chi connectivity index (χ4v) is 4.19. The van der Waals surface area contributed by atoms with Crippen molar-refractivity contribution in [2.45, 2.75) is 36.6 Å². The minimum Gasteiger partial charge on any atom is -0.481 e. The third kappa shape index (κ3) is 4.48. The zero-order valence-corrected chi connectivity index (χ0v) is 15.9. The first-order chi connectivity index (χ1) is 12.9. The third-order valence-corrected chi connectivity index (χ3v) is 6.44. The highest BCUT2D eigenvalue weighted by Gasteiger charge is 2.25. The Hall–Kier alpha value is -2.39. The van der Waals surface area contributed by atoms with E-state index in [0.717, 1.165) is 18.4 Å². The Labute approximate surface area is 158 Å². The molecule has 0 unspecified atom stereocenters. The molecule has 1 aliphatic heterocycles. The molecule has 0 amide bonds. The largest absolute Gasteiger partial charge is 0.481 e. The second kappa shape index (κ2) is 8.10. The van der Waals surface area contributed by atoms with Crippen LogP contribution < -0.4 is 4.31 Å². The predicted molar refractivity (Wildman–Crippen MR) is 99.3 cm³/mol. The number of aliphatic carboxylic acids is 1. The van der Waals surface area contributed by atoms with Gasteiger partial charge in [0.25, 0.3) is 10.0 Å². The Balaban J connectivity index is 1.79. The third-order valence-electron chi connectivity index (χ3n) is 4.70. The quantitative estimate of drug-likeness (QED) is 0.773. The lowest BCUT2D eigenvalue weighted by atomic mass is 10.1. The number of carboxylic acids is 1. The monoisotopic (exact) mass is 393 g/mol. The number of ether oxygens (including phenoxy) is 1. The van der Waals surface area contributed by atoms with E-state index in [4.69, 9.17) is 9.84 Å². The van der Waals surface area contributed by atoms with E-state index in [1.54, 1.807) is 35.1 Å². The van der Waals surface area contributed by atoms with Crippen LogP contribution in [0.4, 0.5) is 5.69 Å². The van der Waals surface area contributed by atoms with Gasteiger partial charge < -0.3 is 9.84 Å². The molecule has 0 bridgehead atoms. The van der Waals surface area contributed by atoms with Crippen molar-refractivity contribution in [3.05, 3.63) is 42.2 Å². The lowest BCUT2D eigenvalue weighted by Gasteiger charge is -2.22. The minimum atomic E-state index is -3.76. The van der Waals surface area contributed by atoms with Crippen molar-refractivity contribution in [2.24, 2.45) is 0 Å². The Morgan fingerprint density at radius 2 is 2.11 bits per heavy atom. The van der Waals surface area contributed by atoms with Gasteiger partial charge in [0.15, 0.2) is 0 Å². The van der Waals surface area contributed by atoms with E-state index in [1.165, 1.54) is 17.5 Å². The maximum absolute atomic E-state index is 13.0. The average Bonchev–Trinajstić information content (AvgIpc) is 3.18. The van der Waals surface area contributed by atoms with Crippen LogP contribution in [0, 0.1) is 0 Å². The van der Waals surface area contributed by atoms with Crippen LogP contribution in [0.1, 0.15) is 30.9 Å². The fourth-order valence-electron chi connectivity index (χ4n) is 3.06. The van der Waals surface area contributed by atoms with Gasteiger partial charge in [-0.25, -0.2) is 8.42 Å². The molecule has 0 saturated carbocycles. The summed E-state index contributed by atoms with van der Waals surface area (Å²) >= 11 is 0. The van der Waals surface area contributed by atoms with Crippen LogP contribution in [-0.4, -0.2) is 49.5 Å². The summed E-state index contributed by atoms with van der Waals surface area (Å²) in [5.74, 6) is -0.887. The van der Waals surface area contributed by atoms with Crippen LogP contribution in [-0.2, 0) is 26.0 Å². The van der Waals surface area contributed by atoms with E-state index in [1.807, 2.05) is 0 Å². The van der Waals surface area contributed by atoms with E-state index >= 15 is 0 Å². The first kappa shape index (κ1) is 19.4. The van der Waals surface area contributed by atoms with Crippen LogP contribution in [0.2, 0.25) is 0 Å². The molecule has 1 aromatic carbocycles. The number of aryl methyl sites for hydroxylation is 1. The van der Waals surface area contributed by atoms with Gasteiger partial charge in [-0.1, -0.05) is 12.1 Å². The van der Waals surface area contributed by atoms with Crippen molar-refractivity contribution >= 4 is 21.7 Å². The molecule has 2 aromatic rings. The first-order valence-electron chi connectivity index (χ1n) is 8.79. The van der Waals surface area contributed by atoms with E-state index in [0.29, 0.717) is 25.3 Å². The van der Waals surface area contributed by atoms with Gasteiger partial charge in [-0.2, -0.15) is 5.10 Å². The smallest absolute Gasteiger partial charge is 0.303 e. The standard InChI is InChI=1S/C18H23N3O5S/c1-20(16-4-2-3-14(11-16)5-6-18(22)23)27(24,25)17-12-19-21(13-17)15-7-9-26-10-8-15/h2-4,11-13,15H,5-10H2,1H3,(H,22,23). The lowest BCUT2D eigenvalue weighted by molar-refractivity contribution is -0.136. The maximum Gasteiger partial charge on any atom is 0.303 e. The maximum atomic E-state index is 13.0. The van der Waals surface area contributed by atoms with Crippen LogP contribution in [0.15, 0.2) is 41.6 Å². The first-order valence-corrected chi connectivity index (χ1v) is 10.2. The second-order valence-electron chi connectivity index (χ2n) is 6.54. The van der Waals surface area contributed by atoms with Gasteiger partial charge in [-0.15, -0.1) is 0 Å². The number of rotatable bonds is 7. The average molecular weight is 393 g/mol. The molecule has 1 aromatic heterocycles. The van der Waals surface area contributed by atoms with Crippen molar-refractivity contribution in [2.75, 3.05) is 24.6 Å². The van der Waals surface area contributed by atoms with Crippen molar-refractivity contribution in [1.29, 1.82) is 0 Å². The van der Waals surface area contributed by atoms with E-state index in [2.05, 4.69) is 5.10 Å². The molecule has 0 spiro atoms. The zero-order valence-electron chi connectivity index (χ0n) is 15.1. The number of hydrogen-bond donors (Lipinski definition) is 1. The highest BCUT2D eigenvalue weighted by molar-refractivity contribution is 7.92. The highest BCUT2D eigenvalue weighted by Crippen LogP contribution is 2.25. The Bertz CT molecular complexity index is 903. The van der Waals surface area contributed by atoms with Gasteiger partial charge in [-0.05, 0) is 37.0 Å². The Morgan fingerprint density at radius 1 is 1.37 bits per heavy atom. The summed E-state index contributed by atoms with van der Waals surface area (Å²) in [6, 6.07) is 7.04. The zero-order chi connectivity index (χ0) is 19.4. The van der Waals surface area contributed by atoms with Gasteiger partial charge >= 0.3 is 5.97 Å². The summed E-state index contributed by atoms with van der Waals surface area (Å²) < 4.78 is 34.2. The molecule has 1 N–H and O–H groups in total. The molecule has 0 aliphatic carbocycles. The Kier molecular flexibility index (Phi) is 5.81. The molecular weight excluding hydrogens is 370 g/mol. The number of carbonyl (C=O) groups is 1. The van der Waals surface area contributed by atoms with Gasteiger partial charge in [-0.3, -0.25) is 13.8 Å². The summed E-state index contributed by atoms with van der Waals surface area (Å²) in [4.78, 5) is 10.9. The van der Waals surface area contributed by atoms with E-state index in [9.17, 15) is 13.2 Å². The summed E-state index contributed by atoms with van der Waals surface area (Å²) in [6.07, 6.45) is 4.90. The van der Waals surface area contributed by atoms with E-state index < -0.39 is 16.0 Å². The number of benzene rings is 1. The number of aromatic nitrogens is 2. The van der Waals surface area contributed by atoms with Gasteiger partial charge in [0, 0.05) is 32.9 Å². The van der Waals surface area contributed by atoms with E-state index in [-0.39, 0.29) is 17.4 Å². The highest BCUT2D eigenvalue weighted by atomic mass is 32.2. The Morgan fingerprint density at radius 3 is 2.81 bits per heavy atom. The van der Waals surface area contributed by atoms with Gasteiger partial charge in [0.1, 0.15) is 4.90 Å². The van der Waals surface area contributed by atoms with Crippen molar-refractivity contribution in [3.63, 3.8) is 0 Å². The van der Waals surface area contributed by atoms with Gasteiger partial charge in [0.05, 0.1) is 17.9 Å². The molecule has 27 heavy (non-hydrogen) atoms. The molecule has 2 heterocycles. The minimum absolute atomic E-state index is 0.00219. The molecule has 0 atom stereocenters. The number of hydrogen-bond acceptors (Lipinski definition) is 5. The van der Waals surface area contributed by atoms with Crippen LogP contribution >= 0.6 is 0 Å². The van der Waals surface area contributed by atoms with Crippen LogP contribution in [0.25, 0.3) is 0 Å². The second-order valence-corrected chi connectivity index (χ2v) is 8.51. The predicted octanol–water partition coefficient (Wildman–Crippen LogP) is 2.08. The molecule has 0 radical (unpaired) electrons. The number of sulfonamides is 1. The van der Waals surface area contributed by atoms with Crippen molar-refractivity contribution < 1.29 is 23.1 Å². The summed E-state index contributed by atoms with van der Waals surface area (Å²) in [5, 5.41) is 13.1. The molecule has 8 nitrogen and oxygen atoms in total. The topological polar surface area (TPSA) is 102 Å². The van der Waals surface area contributed by atoms with Crippen molar-refractivity contribution in [1.82, 2.24) is 9.78 Å². The summed E-state index contributed by atoms with van der Waals surface area (Å²) in [5.41, 5.74) is 1.26. The lowest BCUT2D eigenvalue weighted by Crippen LogP contribution is -2.26. The molecule has 9 heteroatoms. The molecule has 1 fully saturated rings. The molecule has 1 aliphatic rings.